The second-order valence-corrected chi connectivity index (χ2v) is 5.45. The van der Waals surface area contributed by atoms with Crippen molar-refractivity contribution in [2.24, 2.45) is 0 Å². The molecule has 0 aliphatic carbocycles. The van der Waals surface area contributed by atoms with E-state index in [1.54, 1.807) is 24.4 Å². The maximum atomic E-state index is 8.29. The van der Waals surface area contributed by atoms with E-state index in [0.29, 0.717) is 29.7 Å². The Kier molecular flexibility index (Phi) is 7.32. The van der Waals surface area contributed by atoms with E-state index in [2.05, 4.69) is 4.98 Å². The van der Waals surface area contributed by atoms with Crippen LogP contribution in [0.2, 0.25) is 0 Å². The lowest BCUT2D eigenvalue weighted by Gasteiger charge is -2.11. The molecule has 3 rings (SSSR count). The van der Waals surface area contributed by atoms with Gasteiger partial charge in [-0.15, -0.1) is 0 Å². The van der Waals surface area contributed by atoms with Gasteiger partial charge in [0, 0.05) is 18.3 Å². The van der Waals surface area contributed by atoms with Gasteiger partial charge in [-0.3, -0.25) is 0 Å². The molecule has 0 spiro atoms. The zero-order valence-corrected chi connectivity index (χ0v) is 14.9. The van der Waals surface area contributed by atoms with E-state index in [1.165, 1.54) is 0 Å². The Hall–Kier alpha value is -3.19. The molecule has 0 unspecified atom stereocenters. The molecule has 0 atom stereocenters. The topological polar surface area (TPSA) is 91.5 Å². The van der Waals surface area contributed by atoms with Crippen LogP contribution in [-0.2, 0) is 18.2 Å². The number of hydrogen-bond acceptors (Lipinski definition) is 6. The van der Waals surface area contributed by atoms with Crippen LogP contribution in [0.5, 0.6) is 17.4 Å². The van der Waals surface area contributed by atoms with Crippen LogP contribution >= 0.6 is 0 Å². The molecule has 0 fully saturated rings. The maximum Gasteiger partial charge on any atom is 0.335 e. The molecule has 1 heterocycles. The average molecular weight is 370 g/mol. The Balaban J connectivity index is 0.000000758. The molecule has 0 saturated heterocycles. The zero-order chi connectivity index (χ0) is 18.8. The third-order valence-corrected chi connectivity index (χ3v) is 3.33. The van der Waals surface area contributed by atoms with Gasteiger partial charge in [-0.05, 0) is 30.2 Å². The molecule has 0 aliphatic heterocycles. The minimum Gasteiger partial charge on any atom is -0.487 e. The third kappa shape index (κ3) is 6.03. The summed E-state index contributed by atoms with van der Waals surface area (Å²) in [5.41, 5.74) is 8.71. The van der Waals surface area contributed by atoms with Gasteiger partial charge in [0.1, 0.15) is 18.1 Å². The molecular weight excluding hydrogens is 352 g/mol. The van der Waals surface area contributed by atoms with Crippen LogP contribution in [0.3, 0.4) is 0 Å². The largest absolute Gasteiger partial charge is 0.487 e. The van der Waals surface area contributed by atoms with E-state index in [4.69, 9.17) is 23.6 Å². The number of aromatic nitrogens is 1. The van der Waals surface area contributed by atoms with E-state index in [9.17, 15) is 0 Å². The summed E-state index contributed by atoms with van der Waals surface area (Å²) in [4.78, 5) is 4.22. The number of nitrogen functional groups attached to an aromatic ring is 1. The van der Waals surface area contributed by atoms with E-state index >= 15 is 0 Å². The van der Waals surface area contributed by atoms with E-state index < -0.39 is 11.6 Å². The van der Waals surface area contributed by atoms with Gasteiger partial charge in [0.15, 0.2) is 0 Å². The van der Waals surface area contributed by atoms with Gasteiger partial charge in [-0.2, -0.15) is 8.42 Å². The summed E-state index contributed by atoms with van der Waals surface area (Å²) in [5, 5.41) is 0. The third-order valence-electron chi connectivity index (χ3n) is 3.33. The first kappa shape index (κ1) is 19.1. The van der Waals surface area contributed by atoms with Crippen LogP contribution in [0.1, 0.15) is 11.1 Å². The lowest BCUT2D eigenvalue weighted by atomic mass is 10.2. The predicted molar refractivity (Wildman–Crippen MR) is 99.6 cm³/mol. The van der Waals surface area contributed by atoms with Crippen LogP contribution in [0.4, 0.5) is 5.69 Å². The predicted octanol–water partition coefficient (Wildman–Crippen LogP) is 3.67. The summed E-state index contributed by atoms with van der Waals surface area (Å²) in [5.74, 6) is 1.77. The second kappa shape index (κ2) is 9.95. The normalized spacial score (nSPS) is 9.58. The van der Waals surface area contributed by atoms with E-state index in [-0.39, 0.29) is 0 Å². The van der Waals surface area contributed by atoms with Crippen molar-refractivity contribution in [3.63, 3.8) is 0 Å². The molecule has 134 valence electrons. The van der Waals surface area contributed by atoms with Gasteiger partial charge >= 0.3 is 11.6 Å². The highest BCUT2D eigenvalue weighted by Gasteiger charge is 2.05. The lowest BCUT2D eigenvalue weighted by molar-refractivity contribution is 0.306. The van der Waals surface area contributed by atoms with Crippen molar-refractivity contribution in [2.75, 3.05) is 5.73 Å². The first-order valence-corrected chi connectivity index (χ1v) is 8.37. The SMILES string of the molecule is Cc1ccc(Oc2ccc(N)c(OCc3ccccc3)c2)nc1.O=S=O. The Labute approximate surface area is 155 Å². The van der Waals surface area contributed by atoms with Gasteiger partial charge < -0.3 is 15.2 Å². The molecule has 0 aliphatic rings. The fourth-order valence-corrected chi connectivity index (χ4v) is 2.07. The Morgan fingerprint density at radius 1 is 1.04 bits per heavy atom. The van der Waals surface area contributed by atoms with Gasteiger partial charge in [0.2, 0.25) is 5.88 Å². The molecule has 0 bridgehead atoms. The van der Waals surface area contributed by atoms with Crippen molar-refractivity contribution in [2.45, 2.75) is 13.5 Å². The summed E-state index contributed by atoms with van der Waals surface area (Å²) >= 11 is -0.750. The molecule has 6 nitrogen and oxygen atoms in total. The number of nitrogens with zero attached hydrogens (tertiary/aromatic N) is 1. The number of rotatable bonds is 5. The molecule has 1 aromatic heterocycles. The smallest absolute Gasteiger partial charge is 0.335 e. The Bertz CT molecular complexity index is 864. The monoisotopic (exact) mass is 370 g/mol. The van der Waals surface area contributed by atoms with Crippen molar-refractivity contribution >= 4 is 17.3 Å². The van der Waals surface area contributed by atoms with Gasteiger partial charge in [0.25, 0.3) is 0 Å². The Morgan fingerprint density at radius 2 is 1.77 bits per heavy atom. The maximum absolute atomic E-state index is 8.29. The summed E-state index contributed by atoms with van der Waals surface area (Å²) < 4.78 is 28.1. The van der Waals surface area contributed by atoms with E-state index in [0.717, 1.165) is 11.1 Å². The summed E-state index contributed by atoms with van der Waals surface area (Å²) in [6, 6.07) is 19.1. The highest BCUT2D eigenvalue weighted by Crippen LogP contribution is 2.30. The van der Waals surface area contributed by atoms with Crippen LogP contribution in [-0.4, -0.2) is 13.4 Å². The number of anilines is 1. The van der Waals surface area contributed by atoms with Crippen molar-refractivity contribution in [1.29, 1.82) is 0 Å². The number of ether oxygens (including phenoxy) is 2. The van der Waals surface area contributed by atoms with Gasteiger partial charge in [-0.1, -0.05) is 36.4 Å². The zero-order valence-electron chi connectivity index (χ0n) is 14.1. The van der Waals surface area contributed by atoms with Gasteiger partial charge in [0.05, 0.1) is 5.69 Å². The first-order valence-electron chi connectivity index (χ1n) is 7.71. The molecule has 2 N–H and O–H groups in total. The fourth-order valence-electron chi connectivity index (χ4n) is 2.07. The number of pyridine rings is 1. The average Bonchev–Trinajstić information content (AvgIpc) is 2.65. The van der Waals surface area contributed by atoms with E-state index in [1.807, 2.05) is 49.4 Å². The molecule has 0 amide bonds. The number of aryl methyl sites for hydroxylation is 1. The van der Waals surface area contributed by atoms with Crippen LogP contribution < -0.4 is 15.2 Å². The quantitative estimate of drug-likeness (QED) is 0.689. The highest BCUT2D eigenvalue weighted by molar-refractivity contribution is 7.51. The molecule has 2 aromatic carbocycles. The van der Waals surface area contributed by atoms with Crippen molar-refractivity contribution in [1.82, 2.24) is 4.98 Å². The van der Waals surface area contributed by atoms with Gasteiger partial charge in [-0.25, -0.2) is 4.98 Å². The summed E-state index contributed by atoms with van der Waals surface area (Å²) in [6.45, 7) is 2.44. The molecule has 3 aromatic rings. The minimum absolute atomic E-state index is 0.456. The Morgan fingerprint density at radius 3 is 2.42 bits per heavy atom. The van der Waals surface area contributed by atoms with Crippen molar-refractivity contribution < 1.29 is 17.9 Å². The number of benzene rings is 2. The first-order chi connectivity index (χ1) is 12.6. The minimum atomic E-state index is -0.750. The second-order valence-electron chi connectivity index (χ2n) is 5.32. The molecule has 0 radical (unpaired) electrons. The van der Waals surface area contributed by atoms with Crippen LogP contribution in [0.15, 0.2) is 66.9 Å². The van der Waals surface area contributed by atoms with Crippen LogP contribution in [0, 0.1) is 6.92 Å². The standard InChI is InChI=1S/C19H18N2O2.O2S/c1-14-7-10-19(21-12-14)23-16-8-9-17(20)18(11-16)22-13-15-5-3-2-4-6-15;1-3-2/h2-12H,13,20H2,1H3;. The molecule has 0 saturated carbocycles. The highest BCUT2D eigenvalue weighted by atomic mass is 32.1. The van der Waals surface area contributed by atoms with Crippen molar-refractivity contribution in [3.05, 3.63) is 78.0 Å². The molecular formula is C19H18N2O4S. The number of nitrogens with two attached hydrogens (primary N) is 1. The number of hydrogen-bond donors (Lipinski definition) is 1. The van der Waals surface area contributed by atoms with Crippen LogP contribution in [0.25, 0.3) is 0 Å². The fraction of sp³-hybridized carbons (Fsp3) is 0.105. The molecule has 7 heteroatoms. The molecule has 26 heavy (non-hydrogen) atoms. The summed E-state index contributed by atoms with van der Waals surface area (Å²) in [7, 11) is 0. The van der Waals surface area contributed by atoms with Crippen molar-refractivity contribution in [3.8, 4) is 17.4 Å². The lowest BCUT2D eigenvalue weighted by Crippen LogP contribution is -1.99. The summed E-state index contributed by atoms with van der Waals surface area (Å²) in [6.07, 6.45) is 1.76.